The first-order valence-electron chi connectivity index (χ1n) is 8.51. The Balaban J connectivity index is 1.66. The maximum atomic E-state index is 10.9. The summed E-state index contributed by atoms with van der Waals surface area (Å²) in [5.41, 5.74) is 1.37. The van der Waals surface area contributed by atoms with Gasteiger partial charge in [0.25, 0.3) is 5.78 Å². The normalized spacial score (nSPS) is 13.4. The Hall–Kier alpha value is -2.96. The first kappa shape index (κ1) is 17.5. The summed E-state index contributed by atoms with van der Waals surface area (Å²) in [4.78, 5) is 8.75. The average molecular weight is 380 g/mol. The van der Waals surface area contributed by atoms with Crippen molar-refractivity contribution in [2.45, 2.75) is 12.5 Å². The van der Waals surface area contributed by atoms with Crippen LogP contribution in [0.1, 0.15) is 12.5 Å². The molecular weight excluding hydrogens is 362 g/mol. The monoisotopic (exact) mass is 379 g/mol. The molecule has 1 atom stereocenters. The SMILES string of the molecule is CC(O)(CNc1cc(-c2ccccc2)nc2ncnn12)c1cccc(Cl)c1. The molecule has 7 heteroatoms. The van der Waals surface area contributed by atoms with E-state index in [9.17, 15) is 5.11 Å². The van der Waals surface area contributed by atoms with Crippen molar-refractivity contribution >= 4 is 23.2 Å². The number of nitrogens with one attached hydrogen (secondary N) is 1. The minimum atomic E-state index is -1.12. The van der Waals surface area contributed by atoms with Crippen LogP contribution in [0.2, 0.25) is 5.02 Å². The number of hydrogen-bond acceptors (Lipinski definition) is 5. The summed E-state index contributed by atoms with van der Waals surface area (Å²) in [7, 11) is 0. The number of fused-ring (bicyclic) bond motifs is 1. The molecule has 0 bridgehead atoms. The standard InChI is InChI=1S/C20H18ClN5O/c1-20(27,15-8-5-9-16(21)10-15)12-22-18-11-17(14-6-3-2-4-7-14)25-19-23-13-24-26(18)19/h2-11,13,22,27H,12H2,1H3. The molecule has 0 radical (unpaired) electrons. The Morgan fingerprint density at radius 1 is 1.11 bits per heavy atom. The maximum absolute atomic E-state index is 10.9. The fourth-order valence-electron chi connectivity index (χ4n) is 2.88. The van der Waals surface area contributed by atoms with Crippen LogP contribution < -0.4 is 5.32 Å². The van der Waals surface area contributed by atoms with Gasteiger partial charge in [-0.05, 0) is 24.6 Å². The van der Waals surface area contributed by atoms with E-state index in [-0.39, 0.29) is 6.54 Å². The molecular formula is C20H18ClN5O. The second-order valence-corrected chi connectivity index (χ2v) is 6.94. The molecule has 0 saturated carbocycles. The Morgan fingerprint density at radius 2 is 1.93 bits per heavy atom. The highest BCUT2D eigenvalue weighted by Crippen LogP contribution is 2.26. The lowest BCUT2D eigenvalue weighted by atomic mass is 9.96. The van der Waals surface area contributed by atoms with Crippen LogP contribution in [0.5, 0.6) is 0 Å². The van der Waals surface area contributed by atoms with Crippen molar-refractivity contribution in [3.63, 3.8) is 0 Å². The van der Waals surface area contributed by atoms with Crippen LogP contribution in [0.15, 0.2) is 67.0 Å². The molecule has 0 aliphatic carbocycles. The van der Waals surface area contributed by atoms with Crippen LogP contribution in [0, 0.1) is 0 Å². The number of halogens is 1. The fraction of sp³-hybridized carbons (Fsp3) is 0.150. The van der Waals surface area contributed by atoms with Crippen LogP contribution in [-0.2, 0) is 5.60 Å². The molecule has 1 unspecified atom stereocenters. The van der Waals surface area contributed by atoms with E-state index in [2.05, 4.69) is 20.4 Å². The molecule has 2 heterocycles. The van der Waals surface area contributed by atoms with Crippen LogP contribution in [0.3, 0.4) is 0 Å². The number of aliphatic hydroxyl groups is 1. The van der Waals surface area contributed by atoms with Gasteiger partial charge in [0.15, 0.2) is 0 Å². The molecule has 136 valence electrons. The van der Waals surface area contributed by atoms with E-state index in [1.165, 1.54) is 6.33 Å². The van der Waals surface area contributed by atoms with Gasteiger partial charge in [-0.1, -0.05) is 54.1 Å². The van der Waals surface area contributed by atoms with Crippen LogP contribution >= 0.6 is 11.6 Å². The number of aromatic nitrogens is 4. The zero-order valence-electron chi connectivity index (χ0n) is 14.7. The van der Waals surface area contributed by atoms with E-state index in [0.717, 1.165) is 16.8 Å². The third-order valence-electron chi connectivity index (χ3n) is 4.38. The van der Waals surface area contributed by atoms with Crippen molar-refractivity contribution in [1.82, 2.24) is 19.6 Å². The zero-order chi connectivity index (χ0) is 18.9. The van der Waals surface area contributed by atoms with E-state index in [4.69, 9.17) is 11.6 Å². The summed E-state index contributed by atoms with van der Waals surface area (Å²) in [6.07, 6.45) is 1.46. The molecule has 27 heavy (non-hydrogen) atoms. The third-order valence-corrected chi connectivity index (χ3v) is 4.62. The highest BCUT2D eigenvalue weighted by molar-refractivity contribution is 6.30. The predicted octanol–water partition coefficient (Wildman–Crippen LogP) is 3.76. The number of rotatable bonds is 5. The van der Waals surface area contributed by atoms with Crippen molar-refractivity contribution < 1.29 is 5.11 Å². The van der Waals surface area contributed by atoms with E-state index >= 15 is 0 Å². The van der Waals surface area contributed by atoms with Crippen LogP contribution in [0.4, 0.5) is 5.82 Å². The van der Waals surface area contributed by atoms with Crippen LogP contribution in [0.25, 0.3) is 17.0 Å². The summed E-state index contributed by atoms with van der Waals surface area (Å²) < 4.78 is 1.61. The molecule has 2 N–H and O–H groups in total. The third kappa shape index (κ3) is 3.63. The maximum Gasteiger partial charge on any atom is 0.254 e. The smallest absolute Gasteiger partial charge is 0.254 e. The van der Waals surface area contributed by atoms with Gasteiger partial charge < -0.3 is 10.4 Å². The molecule has 2 aromatic heterocycles. The number of benzene rings is 2. The van der Waals surface area contributed by atoms with Gasteiger partial charge in [0, 0.05) is 23.2 Å². The van der Waals surface area contributed by atoms with Gasteiger partial charge in [0.2, 0.25) is 0 Å². The Bertz CT molecular complexity index is 1080. The second kappa shape index (κ2) is 6.98. The van der Waals surface area contributed by atoms with Gasteiger partial charge in [-0.25, -0.2) is 4.98 Å². The molecule has 2 aromatic carbocycles. The van der Waals surface area contributed by atoms with Gasteiger partial charge in [-0.3, -0.25) is 0 Å². The highest BCUT2D eigenvalue weighted by Gasteiger charge is 2.24. The van der Waals surface area contributed by atoms with Crippen molar-refractivity contribution in [2.24, 2.45) is 0 Å². The Kier molecular flexibility index (Phi) is 4.51. The highest BCUT2D eigenvalue weighted by atomic mass is 35.5. The fourth-order valence-corrected chi connectivity index (χ4v) is 3.07. The zero-order valence-corrected chi connectivity index (χ0v) is 15.4. The lowest BCUT2D eigenvalue weighted by Gasteiger charge is -2.25. The number of hydrogen-bond donors (Lipinski definition) is 2. The minimum absolute atomic E-state index is 0.264. The van der Waals surface area contributed by atoms with Gasteiger partial charge in [-0.2, -0.15) is 14.6 Å². The summed E-state index contributed by atoms with van der Waals surface area (Å²) in [6, 6.07) is 19.0. The molecule has 0 amide bonds. The first-order chi connectivity index (χ1) is 13.0. The second-order valence-electron chi connectivity index (χ2n) is 6.50. The van der Waals surface area contributed by atoms with E-state index in [0.29, 0.717) is 16.6 Å². The van der Waals surface area contributed by atoms with E-state index in [1.54, 1.807) is 23.6 Å². The summed E-state index contributed by atoms with van der Waals surface area (Å²) in [5.74, 6) is 1.18. The topological polar surface area (TPSA) is 75.3 Å². The molecule has 0 fully saturated rings. The lowest BCUT2D eigenvalue weighted by Crippen LogP contribution is -2.31. The minimum Gasteiger partial charge on any atom is -0.384 e. The van der Waals surface area contributed by atoms with Gasteiger partial charge in [0.05, 0.1) is 5.69 Å². The van der Waals surface area contributed by atoms with Gasteiger partial charge >= 0.3 is 0 Å². The Labute approximate surface area is 161 Å². The van der Waals surface area contributed by atoms with Crippen molar-refractivity contribution in [3.05, 3.63) is 77.6 Å². The average Bonchev–Trinajstić information content (AvgIpc) is 3.15. The number of anilines is 1. The predicted molar refractivity (Wildman–Crippen MR) is 106 cm³/mol. The quantitative estimate of drug-likeness (QED) is 0.552. The number of nitrogens with zero attached hydrogens (tertiary/aromatic N) is 4. The van der Waals surface area contributed by atoms with Crippen molar-refractivity contribution in [3.8, 4) is 11.3 Å². The summed E-state index contributed by atoms with van der Waals surface area (Å²) in [6.45, 7) is 2.00. The lowest BCUT2D eigenvalue weighted by molar-refractivity contribution is 0.0714. The molecule has 0 saturated heterocycles. The summed E-state index contributed by atoms with van der Waals surface area (Å²) >= 11 is 6.06. The van der Waals surface area contributed by atoms with E-state index in [1.807, 2.05) is 48.5 Å². The Morgan fingerprint density at radius 3 is 2.70 bits per heavy atom. The molecule has 4 rings (SSSR count). The molecule has 6 nitrogen and oxygen atoms in total. The van der Waals surface area contributed by atoms with Crippen molar-refractivity contribution in [2.75, 3.05) is 11.9 Å². The van der Waals surface area contributed by atoms with Crippen molar-refractivity contribution in [1.29, 1.82) is 0 Å². The van der Waals surface area contributed by atoms with Crippen LogP contribution in [-0.4, -0.2) is 31.2 Å². The molecule has 0 aliphatic rings. The van der Waals surface area contributed by atoms with Gasteiger partial charge in [-0.15, -0.1) is 0 Å². The van der Waals surface area contributed by atoms with Gasteiger partial charge in [0.1, 0.15) is 17.7 Å². The summed E-state index contributed by atoms with van der Waals surface area (Å²) in [5, 5.41) is 19.0. The molecule has 0 spiro atoms. The molecule has 0 aliphatic heterocycles. The largest absolute Gasteiger partial charge is 0.384 e. The molecule has 4 aromatic rings. The first-order valence-corrected chi connectivity index (χ1v) is 8.89. The van der Waals surface area contributed by atoms with E-state index < -0.39 is 5.60 Å².